The molecule has 4 aromatic carbocycles. The minimum Gasteiger partial charge on any atom is -0.342 e. The van der Waals surface area contributed by atoms with Crippen molar-refractivity contribution in [2.75, 3.05) is 0 Å². The number of fused-ring (bicyclic) bond motifs is 9. The third-order valence-electron chi connectivity index (χ3n) is 8.16. The van der Waals surface area contributed by atoms with E-state index >= 15 is 0 Å². The second-order valence-electron chi connectivity index (χ2n) is 11.1. The summed E-state index contributed by atoms with van der Waals surface area (Å²) in [6.45, 7) is 8.60. The van der Waals surface area contributed by atoms with Crippen molar-refractivity contribution in [3.05, 3.63) is 94.7 Å². The number of nitrogens with zero attached hydrogens (tertiary/aromatic N) is 2. The predicted molar refractivity (Wildman–Crippen MR) is 184 cm³/mol. The van der Waals surface area contributed by atoms with Gasteiger partial charge in [0.2, 0.25) is 0 Å². The van der Waals surface area contributed by atoms with E-state index in [1.54, 1.807) is 0 Å². The van der Waals surface area contributed by atoms with Gasteiger partial charge >= 0.3 is 0 Å². The molecule has 0 aliphatic rings. The minimum atomic E-state index is 1.25. The average Bonchev–Trinajstić information content (AvgIpc) is 3.74. The molecule has 0 aliphatic heterocycles. The number of benzene rings is 4. The van der Waals surface area contributed by atoms with E-state index in [4.69, 9.17) is 0 Å². The van der Waals surface area contributed by atoms with Crippen LogP contribution in [-0.2, 0) is 14.1 Å². The average molecular weight is 571 g/mol. The molecule has 0 amide bonds. The molecular formula is C37H34N2S2. The van der Waals surface area contributed by atoms with Gasteiger partial charge in [-0.3, -0.25) is 0 Å². The first kappa shape index (κ1) is 26.1. The van der Waals surface area contributed by atoms with Crippen LogP contribution in [0.3, 0.4) is 0 Å². The van der Waals surface area contributed by atoms with Crippen molar-refractivity contribution in [1.82, 2.24) is 9.13 Å². The van der Waals surface area contributed by atoms with Crippen molar-refractivity contribution >= 4 is 76.8 Å². The topological polar surface area (TPSA) is 9.86 Å². The van der Waals surface area contributed by atoms with Crippen LogP contribution < -0.4 is 0 Å². The molecule has 0 bridgehead atoms. The Balaban J connectivity index is 0.000000884. The Labute approximate surface area is 249 Å². The van der Waals surface area contributed by atoms with Gasteiger partial charge in [0.05, 0.1) is 32.2 Å². The quantitative estimate of drug-likeness (QED) is 0.183. The molecule has 0 aliphatic carbocycles. The van der Waals surface area contributed by atoms with Crippen molar-refractivity contribution < 1.29 is 0 Å². The van der Waals surface area contributed by atoms with Crippen molar-refractivity contribution in [2.45, 2.75) is 34.1 Å². The largest absolute Gasteiger partial charge is 0.342 e. The van der Waals surface area contributed by atoms with Gasteiger partial charge in [0, 0.05) is 45.4 Å². The highest BCUT2D eigenvalue weighted by atomic mass is 32.1. The van der Waals surface area contributed by atoms with Crippen LogP contribution in [0.5, 0.6) is 0 Å². The van der Waals surface area contributed by atoms with E-state index in [-0.39, 0.29) is 0 Å². The summed E-state index contributed by atoms with van der Waals surface area (Å²) >= 11 is 3.72. The molecule has 8 rings (SSSR count). The van der Waals surface area contributed by atoms with Crippen LogP contribution in [0.4, 0.5) is 0 Å². The maximum Gasteiger partial charge on any atom is 0.0590 e. The van der Waals surface area contributed by atoms with Crippen molar-refractivity contribution in [3.8, 4) is 21.1 Å². The van der Waals surface area contributed by atoms with E-state index in [2.05, 4.69) is 136 Å². The molecule has 4 heteroatoms. The number of hydrogen-bond donors (Lipinski definition) is 0. The first-order valence-electron chi connectivity index (χ1n) is 14.4. The van der Waals surface area contributed by atoms with Crippen LogP contribution in [0.25, 0.3) is 75.3 Å². The van der Waals surface area contributed by atoms with Crippen molar-refractivity contribution in [3.63, 3.8) is 0 Å². The van der Waals surface area contributed by atoms with Gasteiger partial charge in [-0.25, -0.2) is 0 Å². The standard InChI is InChI=1S/C34H26N2S2.C3H8/c1-19-5-15-31(37-19)29-17-21-7-9-25-23-12-14-28-26(24(23)11-13-27(25)33(21)35(29)3)10-8-22-18-30(36(4)34(22)28)32-16-6-20(2)38-32;1-3-2/h5-18H,1-4H3;3H2,1-2H3. The highest BCUT2D eigenvalue weighted by Gasteiger charge is 2.16. The Morgan fingerprint density at radius 3 is 1.20 bits per heavy atom. The molecule has 204 valence electrons. The molecule has 0 atom stereocenters. The zero-order chi connectivity index (χ0) is 28.4. The number of aryl methyl sites for hydroxylation is 4. The molecule has 0 saturated carbocycles. The highest BCUT2D eigenvalue weighted by molar-refractivity contribution is 7.15. The van der Waals surface area contributed by atoms with Crippen LogP contribution in [0.15, 0.2) is 84.9 Å². The number of hydrogen-bond acceptors (Lipinski definition) is 2. The molecular weight excluding hydrogens is 537 g/mol. The molecule has 0 spiro atoms. The van der Waals surface area contributed by atoms with E-state index in [9.17, 15) is 0 Å². The Kier molecular flexibility index (Phi) is 6.29. The van der Waals surface area contributed by atoms with Gasteiger partial charge in [-0.1, -0.05) is 68.8 Å². The predicted octanol–water partition coefficient (Wildman–Crippen LogP) is 11.6. The smallest absolute Gasteiger partial charge is 0.0590 e. The lowest BCUT2D eigenvalue weighted by atomic mass is 9.95. The molecule has 8 aromatic rings. The van der Waals surface area contributed by atoms with Gasteiger partial charge in [-0.05, 0) is 71.8 Å². The van der Waals surface area contributed by atoms with E-state index in [1.807, 2.05) is 22.7 Å². The lowest BCUT2D eigenvalue weighted by Gasteiger charge is -2.12. The summed E-state index contributed by atoms with van der Waals surface area (Å²) in [7, 11) is 4.41. The molecule has 2 nitrogen and oxygen atoms in total. The van der Waals surface area contributed by atoms with E-state index < -0.39 is 0 Å². The molecule has 0 radical (unpaired) electrons. The fourth-order valence-corrected chi connectivity index (χ4v) is 8.21. The minimum absolute atomic E-state index is 1.25. The van der Waals surface area contributed by atoms with Crippen LogP contribution >= 0.6 is 22.7 Å². The summed E-state index contributed by atoms with van der Waals surface area (Å²) in [6, 6.07) is 32.1. The number of thiophene rings is 2. The fraction of sp³-hybridized carbons (Fsp3) is 0.189. The van der Waals surface area contributed by atoms with Crippen LogP contribution in [0.2, 0.25) is 0 Å². The summed E-state index contributed by atoms with van der Waals surface area (Å²) in [5, 5.41) is 10.5. The second-order valence-corrected chi connectivity index (χ2v) is 13.7. The van der Waals surface area contributed by atoms with Gasteiger partial charge in [0.25, 0.3) is 0 Å². The maximum atomic E-state index is 2.37. The van der Waals surface area contributed by atoms with Gasteiger partial charge in [-0.2, -0.15) is 0 Å². The molecule has 0 unspecified atom stereocenters. The number of aromatic nitrogens is 2. The van der Waals surface area contributed by atoms with Gasteiger partial charge < -0.3 is 9.13 Å². The molecule has 41 heavy (non-hydrogen) atoms. The zero-order valence-electron chi connectivity index (χ0n) is 24.5. The molecule has 0 N–H and O–H groups in total. The molecule has 0 saturated heterocycles. The first-order chi connectivity index (χ1) is 19.9. The van der Waals surface area contributed by atoms with E-state index in [1.165, 1.54) is 91.4 Å². The van der Waals surface area contributed by atoms with Gasteiger partial charge in [0.1, 0.15) is 0 Å². The summed E-state index contributed by atoms with van der Waals surface area (Å²) < 4.78 is 4.74. The molecule has 4 heterocycles. The summed E-state index contributed by atoms with van der Waals surface area (Å²) in [4.78, 5) is 5.34. The zero-order valence-corrected chi connectivity index (χ0v) is 26.1. The Morgan fingerprint density at radius 2 is 0.829 bits per heavy atom. The maximum absolute atomic E-state index is 2.37. The van der Waals surface area contributed by atoms with E-state index in [0.717, 1.165) is 0 Å². The monoisotopic (exact) mass is 570 g/mol. The van der Waals surface area contributed by atoms with Crippen molar-refractivity contribution in [2.24, 2.45) is 14.1 Å². The van der Waals surface area contributed by atoms with Gasteiger partial charge in [-0.15, -0.1) is 22.7 Å². The SMILES string of the molecule is CCC.Cc1ccc(-c2cc3ccc4c5ccc6c(ccc7cc(-c8ccc(C)s8)n(C)c76)c5ccc4c3n2C)s1. The Morgan fingerprint density at radius 1 is 0.488 bits per heavy atom. The number of rotatable bonds is 2. The normalized spacial score (nSPS) is 11.8. The third kappa shape index (κ3) is 4.04. The lowest BCUT2D eigenvalue weighted by molar-refractivity contribution is 0.985. The van der Waals surface area contributed by atoms with Gasteiger partial charge in [0.15, 0.2) is 0 Å². The summed E-state index contributed by atoms with van der Waals surface area (Å²) in [5.74, 6) is 0. The summed E-state index contributed by atoms with van der Waals surface area (Å²) in [6.07, 6.45) is 1.25. The van der Waals surface area contributed by atoms with E-state index in [0.29, 0.717) is 0 Å². The molecule has 0 fully saturated rings. The van der Waals surface area contributed by atoms with Crippen molar-refractivity contribution in [1.29, 1.82) is 0 Å². The molecule has 4 aromatic heterocycles. The lowest BCUT2D eigenvalue weighted by Crippen LogP contribution is -1.92. The second kappa shape index (κ2) is 9.90. The first-order valence-corrected chi connectivity index (χ1v) is 16.0. The third-order valence-corrected chi connectivity index (χ3v) is 10.2. The fourth-order valence-electron chi connectivity index (χ4n) is 6.37. The van der Waals surface area contributed by atoms with Crippen LogP contribution in [0, 0.1) is 13.8 Å². The van der Waals surface area contributed by atoms with Crippen LogP contribution in [-0.4, -0.2) is 9.13 Å². The van der Waals surface area contributed by atoms with Crippen LogP contribution in [0.1, 0.15) is 30.0 Å². The Hall–Kier alpha value is -3.86. The Bertz CT molecular complexity index is 2090. The highest BCUT2D eigenvalue weighted by Crippen LogP contribution is 2.41. The summed E-state index contributed by atoms with van der Waals surface area (Å²) in [5.41, 5.74) is 5.18.